The van der Waals surface area contributed by atoms with Crippen LogP contribution >= 0.6 is 11.6 Å². The van der Waals surface area contributed by atoms with Gasteiger partial charge in [-0.1, -0.05) is 43.6 Å². The largest absolute Gasteiger partial charge is 0.457 e. The number of benzene rings is 2. The van der Waals surface area contributed by atoms with Crippen molar-refractivity contribution in [1.29, 1.82) is 0 Å². The van der Waals surface area contributed by atoms with Crippen molar-refractivity contribution in [3.63, 3.8) is 0 Å². The van der Waals surface area contributed by atoms with Crippen LogP contribution in [0.5, 0.6) is 11.5 Å². The Balaban J connectivity index is 2.29. The van der Waals surface area contributed by atoms with E-state index in [0.29, 0.717) is 5.92 Å². The maximum atomic E-state index is 6.29. The molecule has 3 heteroatoms. The molecule has 0 bridgehead atoms. The molecule has 0 atom stereocenters. The fraction of sp³-hybridized carbons (Fsp3) is 0.333. The molecule has 0 aromatic heterocycles. The van der Waals surface area contributed by atoms with Gasteiger partial charge in [0.25, 0.3) is 0 Å². The average molecular weight is 304 g/mol. The van der Waals surface area contributed by atoms with Gasteiger partial charge in [-0.2, -0.15) is 0 Å². The average Bonchev–Trinajstić information content (AvgIpc) is 2.42. The number of nitrogens with one attached hydrogen (secondary N) is 1. The number of hydrogen-bond acceptors (Lipinski definition) is 2. The van der Waals surface area contributed by atoms with Gasteiger partial charge in [0.05, 0.1) is 0 Å². The lowest BCUT2D eigenvalue weighted by atomic mass is 10.0. The summed E-state index contributed by atoms with van der Waals surface area (Å²) in [4.78, 5) is 0. The van der Waals surface area contributed by atoms with Crippen molar-refractivity contribution >= 4 is 11.6 Å². The van der Waals surface area contributed by atoms with Gasteiger partial charge in [-0.3, -0.25) is 0 Å². The van der Waals surface area contributed by atoms with Crippen LogP contribution in [0.2, 0.25) is 5.02 Å². The molecule has 0 heterocycles. The van der Waals surface area contributed by atoms with Crippen molar-refractivity contribution in [2.45, 2.75) is 33.2 Å². The molecule has 0 aliphatic heterocycles. The number of ether oxygens (including phenoxy) is 1. The molecule has 0 amide bonds. The highest BCUT2D eigenvalue weighted by molar-refractivity contribution is 6.31. The smallest absolute Gasteiger partial charge is 0.131 e. The first-order chi connectivity index (χ1) is 10.0. The van der Waals surface area contributed by atoms with Crippen molar-refractivity contribution in [2.24, 2.45) is 0 Å². The summed E-state index contributed by atoms with van der Waals surface area (Å²) in [7, 11) is 1.91. The minimum atomic E-state index is 0.416. The lowest BCUT2D eigenvalue weighted by molar-refractivity contribution is 0.472. The molecule has 0 saturated carbocycles. The SMILES string of the molecule is CNCc1ccc(Oc2cc(C)ccc2C(C)C)cc1Cl. The first-order valence-electron chi connectivity index (χ1n) is 7.22. The fourth-order valence-corrected chi connectivity index (χ4v) is 2.50. The van der Waals surface area contributed by atoms with Crippen molar-refractivity contribution in [3.8, 4) is 11.5 Å². The van der Waals surface area contributed by atoms with Gasteiger partial charge in [0, 0.05) is 11.6 Å². The molecule has 0 radical (unpaired) electrons. The Bertz CT molecular complexity index is 623. The normalized spacial score (nSPS) is 11.0. The van der Waals surface area contributed by atoms with E-state index in [-0.39, 0.29) is 0 Å². The minimum absolute atomic E-state index is 0.416. The predicted octanol–water partition coefficient (Wildman–Crippen LogP) is 5.28. The molecule has 2 nitrogen and oxygen atoms in total. The monoisotopic (exact) mass is 303 g/mol. The fourth-order valence-electron chi connectivity index (χ4n) is 2.26. The molecule has 112 valence electrons. The highest BCUT2D eigenvalue weighted by Gasteiger charge is 2.10. The Kier molecular flexibility index (Phi) is 5.27. The third kappa shape index (κ3) is 3.99. The standard InChI is InChI=1S/C18H22ClNO/c1-12(2)16-8-5-13(3)9-18(16)21-15-7-6-14(11-20-4)17(19)10-15/h5-10,12,20H,11H2,1-4H3. The van der Waals surface area contributed by atoms with E-state index in [1.165, 1.54) is 11.1 Å². The van der Waals surface area contributed by atoms with E-state index in [1.54, 1.807) is 0 Å². The molecule has 2 rings (SSSR count). The summed E-state index contributed by atoms with van der Waals surface area (Å²) >= 11 is 6.29. The minimum Gasteiger partial charge on any atom is -0.457 e. The van der Waals surface area contributed by atoms with Gasteiger partial charge < -0.3 is 10.1 Å². The Labute approximate surface area is 132 Å². The van der Waals surface area contributed by atoms with Gasteiger partial charge in [0.1, 0.15) is 11.5 Å². The van der Waals surface area contributed by atoms with Crippen LogP contribution < -0.4 is 10.1 Å². The Morgan fingerprint density at radius 2 is 1.90 bits per heavy atom. The van der Waals surface area contributed by atoms with Crippen LogP contribution in [-0.4, -0.2) is 7.05 Å². The van der Waals surface area contributed by atoms with Crippen LogP contribution in [0.15, 0.2) is 36.4 Å². The van der Waals surface area contributed by atoms with E-state index < -0.39 is 0 Å². The van der Waals surface area contributed by atoms with Gasteiger partial charge in [0.15, 0.2) is 0 Å². The number of rotatable bonds is 5. The lowest BCUT2D eigenvalue weighted by Crippen LogP contribution is -2.05. The Morgan fingerprint density at radius 1 is 1.14 bits per heavy atom. The third-order valence-corrected chi connectivity index (χ3v) is 3.76. The van der Waals surface area contributed by atoms with Gasteiger partial charge >= 0.3 is 0 Å². The van der Waals surface area contributed by atoms with Crippen molar-refractivity contribution in [2.75, 3.05) is 7.05 Å². The molecular weight excluding hydrogens is 282 g/mol. The number of hydrogen-bond donors (Lipinski definition) is 1. The molecule has 0 aliphatic rings. The molecule has 0 aliphatic carbocycles. The van der Waals surface area contributed by atoms with Crippen LogP contribution in [0.1, 0.15) is 36.5 Å². The first-order valence-corrected chi connectivity index (χ1v) is 7.60. The topological polar surface area (TPSA) is 21.3 Å². The van der Waals surface area contributed by atoms with Crippen molar-refractivity contribution in [1.82, 2.24) is 5.32 Å². The van der Waals surface area contributed by atoms with Gasteiger partial charge in [-0.05, 0) is 54.8 Å². The van der Waals surface area contributed by atoms with Gasteiger partial charge in [-0.25, -0.2) is 0 Å². The number of aryl methyl sites for hydroxylation is 1. The summed E-state index contributed by atoms with van der Waals surface area (Å²) in [5.41, 5.74) is 3.46. The molecule has 1 N–H and O–H groups in total. The zero-order valence-electron chi connectivity index (χ0n) is 13.0. The van der Waals surface area contributed by atoms with E-state index in [9.17, 15) is 0 Å². The van der Waals surface area contributed by atoms with Crippen LogP contribution in [0, 0.1) is 6.92 Å². The summed E-state index contributed by atoms with van der Waals surface area (Å²) in [6.07, 6.45) is 0. The maximum Gasteiger partial charge on any atom is 0.131 e. The van der Waals surface area contributed by atoms with Crippen molar-refractivity contribution < 1.29 is 4.74 Å². The second-order valence-corrected chi connectivity index (χ2v) is 5.99. The molecule has 21 heavy (non-hydrogen) atoms. The molecule has 2 aromatic rings. The second-order valence-electron chi connectivity index (χ2n) is 5.58. The molecule has 0 unspecified atom stereocenters. The van der Waals surface area contributed by atoms with Gasteiger partial charge in [-0.15, -0.1) is 0 Å². The van der Waals surface area contributed by atoms with Gasteiger partial charge in [0.2, 0.25) is 0 Å². The molecule has 2 aromatic carbocycles. The highest BCUT2D eigenvalue weighted by Crippen LogP contribution is 2.33. The van der Waals surface area contributed by atoms with E-state index in [0.717, 1.165) is 28.6 Å². The van der Waals surface area contributed by atoms with E-state index in [4.69, 9.17) is 16.3 Å². The lowest BCUT2D eigenvalue weighted by Gasteiger charge is -2.15. The van der Waals surface area contributed by atoms with Crippen LogP contribution in [0.3, 0.4) is 0 Å². The third-order valence-electron chi connectivity index (χ3n) is 3.41. The summed E-state index contributed by atoms with van der Waals surface area (Å²) in [5, 5.41) is 3.82. The summed E-state index contributed by atoms with van der Waals surface area (Å²) < 4.78 is 6.06. The summed E-state index contributed by atoms with van der Waals surface area (Å²) in [6, 6.07) is 12.2. The van der Waals surface area contributed by atoms with E-state index >= 15 is 0 Å². The predicted molar refractivity (Wildman–Crippen MR) is 89.6 cm³/mol. The summed E-state index contributed by atoms with van der Waals surface area (Å²) in [5.74, 6) is 2.09. The Hall–Kier alpha value is -1.51. The Morgan fingerprint density at radius 3 is 2.52 bits per heavy atom. The maximum absolute atomic E-state index is 6.29. The quantitative estimate of drug-likeness (QED) is 0.811. The summed E-state index contributed by atoms with van der Waals surface area (Å²) in [6.45, 7) is 7.15. The van der Waals surface area contributed by atoms with Crippen LogP contribution in [-0.2, 0) is 6.54 Å². The number of halogens is 1. The molecular formula is C18H22ClNO. The van der Waals surface area contributed by atoms with Crippen LogP contribution in [0.4, 0.5) is 0 Å². The van der Waals surface area contributed by atoms with Crippen molar-refractivity contribution in [3.05, 3.63) is 58.1 Å². The molecule has 0 saturated heterocycles. The van der Waals surface area contributed by atoms with E-state index in [1.807, 2.05) is 25.2 Å². The highest BCUT2D eigenvalue weighted by atomic mass is 35.5. The molecule has 0 fully saturated rings. The van der Waals surface area contributed by atoms with Crippen LogP contribution in [0.25, 0.3) is 0 Å². The zero-order valence-corrected chi connectivity index (χ0v) is 13.8. The molecule has 0 spiro atoms. The zero-order chi connectivity index (χ0) is 15.4. The van der Waals surface area contributed by atoms with E-state index in [2.05, 4.69) is 44.3 Å². The first kappa shape index (κ1) is 15.9. The second kappa shape index (κ2) is 6.97.